The highest BCUT2D eigenvalue weighted by Gasteiger charge is 2.37. The van der Waals surface area contributed by atoms with Crippen LogP contribution in [-0.2, 0) is 23.7 Å². The fourth-order valence-electron chi connectivity index (χ4n) is 4.51. The Hall–Kier alpha value is -3.00. The molecule has 0 bridgehead atoms. The number of amides is 2. The first-order valence-corrected chi connectivity index (χ1v) is 15.9. The van der Waals surface area contributed by atoms with E-state index < -0.39 is 23.3 Å². The zero-order chi connectivity index (χ0) is 34.5. The van der Waals surface area contributed by atoms with Crippen molar-refractivity contribution in [3.63, 3.8) is 0 Å². The highest BCUT2D eigenvalue weighted by atomic mass is 35.5. The molecule has 2 atom stereocenters. The maximum atomic E-state index is 12.6. The van der Waals surface area contributed by atoms with Crippen LogP contribution in [0.3, 0.4) is 0 Å². The molecule has 0 radical (unpaired) electrons. The maximum absolute atomic E-state index is 12.6. The van der Waals surface area contributed by atoms with Crippen LogP contribution >= 0.6 is 12.4 Å². The molecular formula is C33H55ClN6O7. The molecule has 14 heteroatoms. The van der Waals surface area contributed by atoms with E-state index in [1.807, 2.05) is 6.20 Å². The van der Waals surface area contributed by atoms with Crippen molar-refractivity contribution in [3.05, 3.63) is 23.7 Å². The minimum Gasteiger partial charge on any atom is -0.459 e. The van der Waals surface area contributed by atoms with Crippen molar-refractivity contribution >= 4 is 41.5 Å². The summed E-state index contributed by atoms with van der Waals surface area (Å²) in [5.74, 6) is -0.0830. The van der Waals surface area contributed by atoms with Crippen LogP contribution in [-0.4, -0.2) is 89.2 Å². The fourth-order valence-corrected chi connectivity index (χ4v) is 4.51. The number of nitrogens with one attached hydrogen (secondary N) is 3. The minimum atomic E-state index is -0.627. The first kappa shape index (κ1) is 40.2. The second-order valence-electron chi connectivity index (χ2n) is 15.6. The standard InChI is InChI=1S/C16H20N4O2.C11H21NO4.C6H13NO.ClH/c1-16(2)8-22-7-12(16)20-15(21)10-5-17-14-13(10)19-11(6-18-14)9-3-4-9;1-10(2,3)15-8(13)7-12-9(14)16-11(4,5)6;1-6(2)4-8-3-5(6)7;/h5-6,9,12H,3-4,7-8H2,1-2H3,(H,17,18)(H,20,21);7H2,1-6H3,(H,12,14);5H,3-4,7H2,1-2H3;1H. The summed E-state index contributed by atoms with van der Waals surface area (Å²) in [5, 5.41) is 5.40. The van der Waals surface area contributed by atoms with E-state index in [0.717, 1.165) is 18.9 Å². The molecule has 5 N–H and O–H groups in total. The number of H-pyrrole nitrogens is 1. The third-order valence-corrected chi connectivity index (χ3v) is 7.62. The van der Waals surface area contributed by atoms with Gasteiger partial charge in [-0.2, -0.15) is 0 Å². The molecule has 0 aromatic carbocycles. The number of aromatic amines is 1. The van der Waals surface area contributed by atoms with E-state index in [-0.39, 0.29) is 47.8 Å². The van der Waals surface area contributed by atoms with Crippen LogP contribution in [0.1, 0.15) is 104 Å². The Kier molecular flexibility index (Phi) is 13.6. The Morgan fingerprint density at radius 3 is 2.04 bits per heavy atom. The van der Waals surface area contributed by atoms with E-state index in [0.29, 0.717) is 35.9 Å². The summed E-state index contributed by atoms with van der Waals surface area (Å²) in [7, 11) is 0. The SMILES string of the molecule is CC(C)(C)OC(=O)CNC(=O)OC(C)(C)C.CC1(C)COCC1N.CC1(C)COCC1NC(=O)c1c[nH]c2ncc(C3CC3)nc12.Cl. The highest BCUT2D eigenvalue weighted by Crippen LogP contribution is 2.39. The summed E-state index contributed by atoms with van der Waals surface area (Å²) in [4.78, 5) is 47.1. The molecule has 4 heterocycles. The van der Waals surface area contributed by atoms with Crippen molar-refractivity contribution < 1.29 is 33.3 Å². The predicted molar refractivity (Wildman–Crippen MR) is 182 cm³/mol. The largest absolute Gasteiger partial charge is 0.459 e. The second-order valence-corrected chi connectivity index (χ2v) is 15.6. The minimum absolute atomic E-state index is 0. The molecule has 1 aliphatic carbocycles. The Labute approximate surface area is 284 Å². The summed E-state index contributed by atoms with van der Waals surface area (Å²) >= 11 is 0. The average Bonchev–Trinajstić information content (AvgIpc) is 3.49. The molecule has 13 nitrogen and oxygen atoms in total. The van der Waals surface area contributed by atoms with Gasteiger partial charge in [-0.3, -0.25) is 9.59 Å². The second kappa shape index (κ2) is 15.9. The number of halogens is 1. The Balaban J connectivity index is 0.000000270. The summed E-state index contributed by atoms with van der Waals surface area (Å²) in [6.07, 6.45) is 5.21. The van der Waals surface area contributed by atoms with E-state index in [1.165, 1.54) is 12.8 Å². The van der Waals surface area contributed by atoms with E-state index in [1.54, 1.807) is 47.7 Å². The van der Waals surface area contributed by atoms with Crippen molar-refractivity contribution in [1.82, 2.24) is 25.6 Å². The maximum Gasteiger partial charge on any atom is 0.408 e. The quantitative estimate of drug-likeness (QED) is 0.325. The number of carbonyl (C=O) groups is 3. The van der Waals surface area contributed by atoms with Crippen LogP contribution < -0.4 is 16.4 Å². The zero-order valence-corrected chi connectivity index (χ0v) is 30.4. The highest BCUT2D eigenvalue weighted by molar-refractivity contribution is 6.04. The fraction of sp³-hybridized carbons (Fsp3) is 0.727. The van der Waals surface area contributed by atoms with Gasteiger partial charge in [0.05, 0.1) is 49.9 Å². The van der Waals surface area contributed by atoms with Gasteiger partial charge in [0, 0.05) is 29.0 Å². The number of aromatic nitrogens is 3. The Morgan fingerprint density at radius 1 is 0.979 bits per heavy atom. The van der Waals surface area contributed by atoms with Crippen LogP contribution in [0, 0.1) is 10.8 Å². The van der Waals surface area contributed by atoms with Gasteiger partial charge in [-0.05, 0) is 54.4 Å². The lowest BCUT2D eigenvalue weighted by Gasteiger charge is -2.25. The van der Waals surface area contributed by atoms with Crippen molar-refractivity contribution in [2.45, 2.75) is 111 Å². The first-order valence-electron chi connectivity index (χ1n) is 15.9. The lowest BCUT2D eigenvalue weighted by molar-refractivity contribution is -0.153. The van der Waals surface area contributed by atoms with Gasteiger partial charge in [0.1, 0.15) is 23.3 Å². The normalized spacial score (nSPS) is 21.3. The third kappa shape index (κ3) is 12.9. The lowest BCUT2D eigenvalue weighted by atomic mass is 9.88. The van der Waals surface area contributed by atoms with Gasteiger partial charge in [0.2, 0.25) is 0 Å². The number of rotatable bonds is 5. The van der Waals surface area contributed by atoms with E-state index >= 15 is 0 Å². The monoisotopic (exact) mass is 682 g/mol. The van der Waals surface area contributed by atoms with Crippen molar-refractivity contribution in [3.8, 4) is 0 Å². The number of ether oxygens (including phenoxy) is 4. The molecule has 0 spiro atoms. The van der Waals surface area contributed by atoms with Gasteiger partial charge in [0.25, 0.3) is 5.91 Å². The molecule has 3 fully saturated rings. The van der Waals surface area contributed by atoms with Gasteiger partial charge >= 0.3 is 12.1 Å². The smallest absolute Gasteiger partial charge is 0.408 e. The van der Waals surface area contributed by atoms with Crippen LogP contribution in [0.4, 0.5) is 4.79 Å². The Bertz CT molecular complexity index is 1330. The molecule has 2 saturated heterocycles. The molecule has 1 saturated carbocycles. The number of carbonyl (C=O) groups excluding carboxylic acids is 3. The molecule has 2 amide bonds. The van der Waals surface area contributed by atoms with Crippen molar-refractivity contribution in [2.24, 2.45) is 16.6 Å². The average molecular weight is 683 g/mol. The van der Waals surface area contributed by atoms with E-state index in [4.69, 9.17) is 24.7 Å². The van der Waals surface area contributed by atoms with Crippen LogP contribution in [0.25, 0.3) is 11.2 Å². The summed E-state index contributed by atoms with van der Waals surface area (Å²) in [6.45, 7) is 21.6. The lowest BCUT2D eigenvalue weighted by Crippen LogP contribution is -2.44. The summed E-state index contributed by atoms with van der Waals surface area (Å²) in [5.41, 5.74) is 7.61. The van der Waals surface area contributed by atoms with Crippen LogP contribution in [0.5, 0.6) is 0 Å². The van der Waals surface area contributed by atoms with E-state index in [2.05, 4.69) is 53.3 Å². The zero-order valence-electron chi connectivity index (χ0n) is 29.6. The van der Waals surface area contributed by atoms with Crippen LogP contribution in [0.15, 0.2) is 12.4 Å². The molecule has 47 heavy (non-hydrogen) atoms. The molecule has 266 valence electrons. The van der Waals surface area contributed by atoms with Crippen molar-refractivity contribution in [1.29, 1.82) is 0 Å². The van der Waals surface area contributed by atoms with Gasteiger partial charge in [-0.15, -0.1) is 12.4 Å². The first-order chi connectivity index (χ1) is 21.2. The molecule has 2 unspecified atom stereocenters. The van der Waals surface area contributed by atoms with Crippen LogP contribution in [0.2, 0.25) is 0 Å². The predicted octanol–water partition coefficient (Wildman–Crippen LogP) is 4.63. The number of hydrogen-bond donors (Lipinski definition) is 4. The topological polar surface area (TPSA) is 180 Å². The number of alkyl carbamates (subject to hydrolysis) is 1. The van der Waals surface area contributed by atoms with Crippen molar-refractivity contribution in [2.75, 3.05) is 33.0 Å². The third-order valence-electron chi connectivity index (χ3n) is 7.62. The van der Waals surface area contributed by atoms with Gasteiger partial charge in [-0.1, -0.05) is 27.7 Å². The molecule has 5 rings (SSSR count). The number of fused-ring (bicyclic) bond motifs is 1. The molecule has 2 aliphatic heterocycles. The number of nitrogens with zero attached hydrogens (tertiary/aromatic N) is 2. The molecule has 2 aromatic heterocycles. The summed E-state index contributed by atoms with van der Waals surface area (Å²) in [6, 6.07) is 0.257. The van der Waals surface area contributed by atoms with Gasteiger partial charge in [-0.25, -0.2) is 14.8 Å². The van der Waals surface area contributed by atoms with E-state index in [9.17, 15) is 14.4 Å². The Morgan fingerprint density at radius 2 is 1.57 bits per heavy atom. The molecule has 2 aromatic rings. The molecule has 3 aliphatic rings. The van der Waals surface area contributed by atoms with Gasteiger partial charge in [0.15, 0.2) is 5.65 Å². The number of esters is 1. The van der Waals surface area contributed by atoms with Gasteiger partial charge < -0.3 is 40.3 Å². The number of nitrogens with two attached hydrogens (primary N) is 1. The number of hydrogen-bond acceptors (Lipinski definition) is 10. The summed E-state index contributed by atoms with van der Waals surface area (Å²) < 4.78 is 20.6. The molecular weight excluding hydrogens is 628 g/mol.